The summed E-state index contributed by atoms with van der Waals surface area (Å²) in [6.07, 6.45) is 0.894. The number of para-hydroxylation sites is 1. The fourth-order valence-corrected chi connectivity index (χ4v) is 3.32. The van der Waals surface area contributed by atoms with Gasteiger partial charge in [-0.3, -0.25) is 4.79 Å². The summed E-state index contributed by atoms with van der Waals surface area (Å²) < 4.78 is 0. The summed E-state index contributed by atoms with van der Waals surface area (Å²) in [5.74, 6) is 0. The Morgan fingerprint density at radius 2 is 1.64 bits per heavy atom. The number of fused-ring (bicyclic) bond motifs is 6. The summed E-state index contributed by atoms with van der Waals surface area (Å²) in [5.41, 5.74) is 4.32. The molecule has 2 heterocycles. The molecule has 102 valence electrons. The summed E-state index contributed by atoms with van der Waals surface area (Å²) in [6, 6.07) is 17.8. The molecule has 5 rings (SSSR count). The summed E-state index contributed by atoms with van der Waals surface area (Å²) in [5, 5.41) is 4.11. The second-order valence-corrected chi connectivity index (χ2v) is 5.46. The zero-order valence-electron chi connectivity index (χ0n) is 11.6. The van der Waals surface area contributed by atoms with Gasteiger partial charge in [-0.2, -0.15) is 0 Å². The highest BCUT2D eigenvalue weighted by molar-refractivity contribution is 5.98. The molecule has 0 amide bonds. The van der Waals surface area contributed by atoms with Crippen molar-refractivity contribution in [2.45, 2.75) is 0 Å². The lowest BCUT2D eigenvalue weighted by Crippen LogP contribution is -2.01. The number of hydrogen-bond donors (Lipinski definition) is 0. The summed E-state index contributed by atoms with van der Waals surface area (Å²) in [7, 11) is 0. The van der Waals surface area contributed by atoms with Gasteiger partial charge in [-0.15, -0.1) is 0 Å². The van der Waals surface area contributed by atoms with Crippen molar-refractivity contribution in [3.05, 3.63) is 81.3 Å². The smallest absolute Gasteiger partial charge is 0.150 e. The molecule has 0 aliphatic carbocycles. The van der Waals surface area contributed by atoms with Crippen LogP contribution in [0.3, 0.4) is 0 Å². The Labute approximate surface area is 125 Å². The highest BCUT2D eigenvalue weighted by Crippen LogP contribution is 2.40. The van der Waals surface area contributed by atoms with Gasteiger partial charge in [0.15, 0.2) is 6.29 Å². The lowest BCUT2D eigenvalue weighted by atomic mass is 9.98. The van der Waals surface area contributed by atoms with E-state index in [9.17, 15) is 4.79 Å². The maximum atomic E-state index is 11.4. The van der Waals surface area contributed by atoms with E-state index in [1.807, 2.05) is 42.5 Å². The third-order valence-corrected chi connectivity index (χ3v) is 4.27. The molecule has 0 radical (unpaired) electrons. The molecule has 3 aromatic carbocycles. The van der Waals surface area contributed by atoms with Crippen LogP contribution in [0.4, 0.5) is 11.4 Å². The maximum Gasteiger partial charge on any atom is 0.150 e. The number of aldehydes is 1. The van der Waals surface area contributed by atoms with Crippen LogP contribution in [0.2, 0.25) is 0 Å². The second-order valence-electron chi connectivity index (χ2n) is 5.46. The number of carbonyl (C=O) groups excluding carboxylic acids is 1. The molecule has 0 N–H and O–H groups in total. The van der Waals surface area contributed by atoms with Gasteiger partial charge < -0.3 is 0 Å². The van der Waals surface area contributed by atoms with Gasteiger partial charge in [0.05, 0.1) is 22.1 Å². The standard InChI is InChI=1S/C19H10N2O/c22-10-11-4-3-7-15-17(11)18-16(20-15)9-8-13-12-5-1-2-6-14(12)21-19(13)18/h1-10H. The minimum Gasteiger partial charge on any atom is -0.298 e. The third-order valence-electron chi connectivity index (χ3n) is 4.27. The van der Waals surface area contributed by atoms with Crippen molar-refractivity contribution in [3.8, 4) is 11.1 Å². The lowest BCUT2D eigenvalue weighted by Gasteiger charge is -2.05. The number of nitrogens with zero attached hydrogens (tertiary/aromatic N) is 2. The van der Waals surface area contributed by atoms with E-state index < -0.39 is 0 Å². The lowest BCUT2D eigenvalue weighted by molar-refractivity contribution is 0.112. The van der Waals surface area contributed by atoms with Gasteiger partial charge in [-0.1, -0.05) is 30.3 Å². The fourth-order valence-electron chi connectivity index (χ4n) is 3.32. The summed E-state index contributed by atoms with van der Waals surface area (Å²) in [6.45, 7) is 0. The highest BCUT2D eigenvalue weighted by atomic mass is 16.1. The van der Waals surface area contributed by atoms with E-state index in [-0.39, 0.29) is 0 Å². The monoisotopic (exact) mass is 282 g/mol. The van der Waals surface area contributed by atoms with Crippen molar-refractivity contribution >= 4 is 17.7 Å². The van der Waals surface area contributed by atoms with Crippen LogP contribution >= 0.6 is 0 Å². The van der Waals surface area contributed by atoms with Crippen molar-refractivity contribution in [3.63, 3.8) is 0 Å². The van der Waals surface area contributed by atoms with E-state index in [1.165, 1.54) is 0 Å². The van der Waals surface area contributed by atoms with Crippen LogP contribution < -0.4 is 10.7 Å². The van der Waals surface area contributed by atoms with Crippen LogP contribution in [0.25, 0.3) is 11.1 Å². The Balaban J connectivity index is 2.01. The minimum atomic E-state index is 0.666. The van der Waals surface area contributed by atoms with Crippen LogP contribution in [0.1, 0.15) is 10.4 Å². The Kier molecular flexibility index (Phi) is 2.09. The largest absolute Gasteiger partial charge is 0.298 e. The van der Waals surface area contributed by atoms with Gasteiger partial charge in [0.1, 0.15) is 0 Å². The number of hydrogen-bond acceptors (Lipinski definition) is 3. The molecule has 0 fully saturated rings. The van der Waals surface area contributed by atoms with Crippen molar-refractivity contribution in [1.29, 1.82) is 0 Å². The first-order valence-corrected chi connectivity index (χ1v) is 7.15. The predicted octanol–water partition coefficient (Wildman–Crippen LogP) is 2.98. The van der Waals surface area contributed by atoms with Crippen LogP contribution in [0, 0.1) is 10.4 Å². The average Bonchev–Trinajstić information content (AvgIpc) is 3.12. The SMILES string of the molecule is O=Cc1cccc2c1-c1c3c(ccc1=N2)=c1ccccc1=N3. The Bertz CT molecular complexity index is 1190. The van der Waals surface area contributed by atoms with Gasteiger partial charge in [0, 0.05) is 27.1 Å². The summed E-state index contributed by atoms with van der Waals surface area (Å²) >= 11 is 0. The molecule has 3 aromatic rings. The van der Waals surface area contributed by atoms with E-state index in [0.717, 1.165) is 49.9 Å². The van der Waals surface area contributed by atoms with Gasteiger partial charge in [0.2, 0.25) is 0 Å². The summed E-state index contributed by atoms with van der Waals surface area (Å²) in [4.78, 5) is 20.9. The van der Waals surface area contributed by atoms with Crippen molar-refractivity contribution < 1.29 is 4.79 Å². The van der Waals surface area contributed by atoms with Crippen LogP contribution in [-0.2, 0) is 0 Å². The second kappa shape index (κ2) is 3.98. The molecule has 0 aromatic heterocycles. The molecule has 22 heavy (non-hydrogen) atoms. The van der Waals surface area contributed by atoms with Crippen molar-refractivity contribution in [2.24, 2.45) is 9.98 Å². The fraction of sp³-hybridized carbons (Fsp3) is 0. The van der Waals surface area contributed by atoms with E-state index in [4.69, 9.17) is 4.99 Å². The Morgan fingerprint density at radius 3 is 2.55 bits per heavy atom. The molecular formula is C19H10N2O. The van der Waals surface area contributed by atoms with Gasteiger partial charge in [-0.05, 0) is 24.3 Å². The van der Waals surface area contributed by atoms with Gasteiger partial charge in [-0.25, -0.2) is 9.98 Å². The van der Waals surface area contributed by atoms with Crippen LogP contribution in [0.5, 0.6) is 0 Å². The zero-order chi connectivity index (χ0) is 14.7. The minimum absolute atomic E-state index is 0.666. The molecule has 3 nitrogen and oxygen atoms in total. The molecule has 2 aliphatic rings. The number of carbonyl (C=O) groups is 1. The molecular weight excluding hydrogens is 272 g/mol. The van der Waals surface area contributed by atoms with Crippen LogP contribution in [-0.4, -0.2) is 6.29 Å². The molecule has 0 atom stereocenters. The molecule has 0 spiro atoms. The number of rotatable bonds is 1. The first kappa shape index (κ1) is 11.6. The quantitative estimate of drug-likeness (QED) is 0.436. The number of benzene rings is 3. The van der Waals surface area contributed by atoms with Crippen molar-refractivity contribution in [2.75, 3.05) is 0 Å². The molecule has 0 saturated carbocycles. The third kappa shape index (κ3) is 1.33. The first-order chi connectivity index (χ1) is 10.9. The molecule has 2 aliphatic heterocycles. The highest BCUT2D eigenvalue weighted by Gasteiger charge is 2.22. The molecule has 0 unspecified atom stereocenters. The van der Waals surface area contributed by atoms with E-state index in [2.05, 4.69) is 17.1 Å². The van der Waals surface area contributed by atoms with Crippen molar-refractivity contribution in [1.82, 2.24) is 0 Å². The van der Waals surface area contributed by atoms with E-state index in [1.54, 1.807) is 0 Å². The van der Waals surface area contributed by atoms with Gasteiger partial charge in [0.25, 0.3) is 0 Å². The zero-order valence-corrected chi connectivity index (χ0v) is 11.6. The molecule has 3 heteroatoms. The average molecular weight is 282 g/mol. The van der Waals surface area contributed by atoms with Gasteiger partial charge >= 0.3 is 0 Å². The normalized spacial score (nSPS) is 12.5. The Morgan fingerprint density at radius 1 is 0.727 bits per heavy atom. The first-order valence-electron chi connectivity index (χ1n) is 7.15. The Hall–Kier alpha value is -3.07. The maximum absolute atomic E-state index is 11.4. The molecule has 0 bridgehead atoms. The van der Waals surface area contributed by atoms with E-state index in [0.29, 0.717) is 5.56 Å². The van der Waals surface area contributed by atoms with Crippen LogP contribution in [0.15, 0.2) is 64.6 Å². The van der Waals surface area contributed by atoms with E-state index >= 15 is 0 Å². The topological polar surface area (TPSA) is 41.8 Å². The molecule has 0 saturated heterocycles. The predicted molar refractivity (Wildman–Crippen MR) is 83.0 cm³/mol.